The minimum atomic E-state index is -1.54. The Morgan fingerprint density at radius 1 is 0.967 bits per heavy atom. The van der Waals surface area contributed by atoms with E-state index in [1.54, 1.807) is 6.26 Å². The first-order valence-corrected chi connectivity index (χ1v) is 11.0. The van der Waals surface area contributed by atoms with Gasteiger partial charge in [0.25, 0.3) is 0 Å². The van der Waals surface area contributed by atoms with E-state index in [0.29, 0.717) is 5.75 Å². The van der Waals surface area contributed by atoms with Crippen LogP contribution in [0.3, 0.4) is 0 Å². The zero-order chi connectivity index (χ0) is 23.3. The summed E-state index contributed by atoms with van der Waals surface area (Å²) in [5, 5.41) is 25.0. The Bertz CT molecular complexity index is 623. The molecule has 14 heteroatoms. The summed E-state index contributed by atoms with van der Waals surface area (Å²) in [5.74, 6) is -3.91. The van der Waals surface area contributed by atoms with E-state index in [-0.39, 0.29) is 25.0 Å². The van der Waals surface area contributed by atoms with Crippen LogP contribution >= 0.6 is 24.4 Å². The normalized spacial score (nSPS) is 14.7. The van der Waals surface area contributed by atoms with Crippen molar-refractivity contribution in [3.05, 3.63) is 0 Å². The van der Waals surface area contributed by atoms with Crippen LogP contribution in [-0.4, -0.2) is 88.3 Å². The average molecular weight is 468 g/mol. The highest BCUT2D eigenvalue weighted by molar-refractivity contribution is 7.98. The van der Waals surface area contributed by atoms with E-state index >= 15 is 0 Å². The van der Waals surface area contributed by atoms with Gasteiger partial charge in [0.2, 0.25) is 23.6 Å². The number of hydrogen-bond acceptors (Lipinski definition) is 9. The van der Waals surface area contributed by atoms with Gasteiger partial charge in [0.15, 0.2) is 0 Å². The predicted octanol–water partition coefficient (Wildman–Crippen LogP) is -3.21. The molecule has 12 nitrogen and oxygen atoms in total. The number of carboxylic acid groups (broad SMARTS) is 1. The van der Waals surface area contributed by atoms with Crippen molar-refractivity contribution in [3.8, 4) is 0 Å². The monoisotopic (exact) mass is 467 g/mol. The first-order chi connectivity index (χ1) is 14.1. The molecule has 0 aliphatic heterocycles. The Morgan fingerprint density at radius 3 is 1.90 bits per heavy atom. The Hall–Kier alpha value is -2.03. The number of nitrogens with one attached hydrogen (secondary N) is 3. The molecule has 0 spiro atoms. The van der Waals surface area contributed by atoms with Crippen LogP contribution in [0.15, 0.2) is 0 Å². The molecule has 0 saturated carbocycles. The highest BCUT2D eigenvalue weighted by Crippen LogP contribution is 2.05. The summed E-state index contributed by atoms with van der Waals surface area (Å²) in [5.41, 5.74) is 10.7. The molecule has 0 aromatic rings. The van der Waals surface area contributed by atoms with Crippen LogP contribution in [0.5, 0.6) is 0 Å². The summed E-state index contributed by atoms with van der Waals surface area (Å²) in [7, 11) is 0. The number of primary amides is 1. The lowest BCUT2D eigenvalue weighted by atomic mass is 10.1. The zero-order valence-electron chi connectivity index (χ0n) is 16.5. The van der Waals surface area contributed by atoms with E-state index in [2.05, 4.69) is 28.6 Å². The van der Waals surface area contributed by atoms with Gasteiger partial charge < -0.3 is 37.6 Å². The van der Waals surface area contributed by atoms with Gasteiger partial charge in [-0.15, -0.1) is 0 Å². The molecule has 0 aliphatic rings. The van der Waals surface area contributed by atoms with Crippen LogP contribution in [-0.2, 0) is 24.0 Å². The second-order valence-corrected chi connectivity index (χ2v) is 7.63. The largest absolute Gasteiger partial charge is 0.480 e. The summed E-state index contributed by atoms with van der Waals surface area (Å²) in [4.78, 5) is 59.2. The van der Waals surface area contributed by atoms with Gasteiger partial charge in [-0.3, -0.25) is 19.2 Å². The molecule has 4 atom stereocenters. The number of amides is 4. The van der Waals surface area contributed by atoms with E-state index in [1.807, 2.05) is 0 Å². The zero-order valence-corrected chi connectivity index (χ0v) is 18.2. The van der Waals surface area contributed by atoms with Gasteiger partial charge in [-0.1, -0.05) is 0 Å². The van der Waals surface area contributed by atoms with Gasteiger partial charge in [0, 0.05) is 12.2 Å². The molecule has 0 aromatic heterocycles. The Morgan fingerprint density at radius 2 is 1.47 bits per heavy atom. The fraction of sp³-hybridized carbons (Fsp3) is 0.688. The van der Waals surface area contributed by atoms with Crippen molar-refractivity contribution >= 4 is 54.0 Å². The van der Waals surface area contributed by atoms with Crippen molar-refractivity contribution in [1.29, 1.82) is 0 Å². The van der Waals surface area contributed by atoms with E-state index in [1.165, 1.54) is 11.8 Å². The quantitative estimate of drug-likeness (QED) is 0.114. The molecule has 30 heavy (non-hydrogen) atoms. The van der Waals surface area contributed by atoms with Crippen LogP contribution in [0.25, 0.3) is 0 Å². The number of aliphatic hydroxyl groups excluding tert-OH is 1. The molecule has 4 unspecified atom stereocenters. The summed E-state index contributed by atoms with van der Waals surface area (Å²) >= 11 is 5.30. The topological polar surface area (TPSA) is 214 Å². The second-order valence-electron chi connectivity index (χ2n) is 6.28. The maximum absolute atomic E-state index is 12.7. The maximum atomic E-state index is 12.7. The second kappa shape index (κ2) is 14.9. The molecule has 0 aromatic carbocycles. The van der Waals surface area contributed by atoms with Gasteiger partial charge in [-0.05, 0) is 24.9 Å². The van der Waals surface area contributed by atoms with E-state index in [4.69, 9.17) is 21.7 Å². The van der Waals surface area contributed by atoms with Crippen molar-refractivity contribution in [3.63, 3.8) is 0 Å². The standard InChI is InChI=1S/C16H29N5O7S2/c1-30-5-4-10(15(26)21-11(6-22)16(27)28)20-14(25)9(2-3-12(18)23)19-13(24)8(17)7-29/h8-11,22,29H,2-7,17H2,1H3,(H2,18,23)(H,19,24)(H,20,25)(H,21,26)(H,27,28). The van der Waals surface area contributed by atoms with Crippen LogP contribution in [0.1, 0.15) is 19.3 Å². The molecule has 0 bridgehead atoms. The summed E-state index contributed by atoms with van der Waals surface area (Å²) in [6.45, 7) is -0.830. The van der Waals surface area contributed by atoms with Crippen LogP contribution < -0.4 is 27.4 Å². The number of thiol groups is 1. The third-order valence-corrected chi connectivity index (χ3v) is 4.92. The van der Waals surface area contributed by atoms with E-state index in [9.17, 15) is 24.0 Å². The lowest BCUT2D eigenvalue weighted by molar-refractivity contribution is -0.143. The number of carbonyl (C=O) groups is 5. The highest BCUT2D eigenvalue weighted by atomic mass is 32.2. The number of thioether (sulfide) groups is 1. The maximum Gasteiger partial charge on any atom is 0.328 e. The van der Waals surface area contributed by atoms with Gasteiger partial charge in [-0.25, -0.2) is 4.79 Å². The number of aliphatic carboxylic acids is 1. The predicted molar refractivity (Wildman–Crippen MR) is 114 cm³/mol. The van der Waals surface area contributed by atoms with E-state index < -0.39 is 60.4 Å². The third kappa shape index (κ3) is 10.7. The van der Waals surface area contributed by atoms with Gasteiger partial charge in [-0.2, -0.15) is 24.4 Å². The molecule has 4 amide bonds. The molecule has 0 heterocycles. The smallest absolute Gasteiger partial charge is 0.328 e. The fourth-order valence-corrected chi connectivity index (χ4v) is 2.79. The molecular formula is C16H29N5O7S2. The van der Waals surface area contributed by atoms with Crippen LogP contribution in [0, 0.1) is 0 Å². The number of carboxylic acids is 1. The van der Waals surface area contributed by atoms with Gasteiger partial charge in [0.05, 0.1) is 12.6 Å². The molecule has 0 rings (SSSR count). The van der Waals surface area contributed by atoms with Crippen LogP contribution in [0.2, 0.25) is 0 Å². The molecular weight excluding hydrogens is 438 g/mol. The van der Waals surface area contributed by atoms with Crippen molar-refractivity contribution in [2.24, 2.45) is 11.5 Å². The first-order valence-electron chi connectivity index (χ1n) is 8.95. The van der Waals surface area contributed by atoms with Crippen molar-refractivity contribution in [2.45, 2.75) is 43.4 Å². The molecule has 0 fully saturated rings. The van der Waals surface area contributed by atoms with Gasteiger partial charge >= 0.3 is 5.97 Å². The first kappa shape index (κ1) is 28.0. The minimum Gasteiger partial charge on any atom is -0.480 e. The van der Waals surface area contributed by atoms with Crippen molar-refractivity contribution < 1.29 is 34.2 Å². The number of rotatable bonds is 15. The average Bonchev–Trinajstić information content (AvgIpc) is 2.70. The molecule has 0 aliphatic carbocycles. The molecule has 0 radical (unpaired) electrons. The van der Waals surface area contributed by atoms with Crippen molar-refractivity contribution in [2.75, 3.05) is 24.4 Å². The number of nitrogens with two attached hydrogens (primary N) is 2. The number of aliphatic hydroxyl groups is 1. The molecule has 0 saturated heterocycles. The van der Waals surface area contributed by atoms with Crippen molar-refractivity contribution in [1.82, 2.24) is 16.0 Å². The fourth-order valence-electron chi connectivity index (χ4n) is 2.15. The van der Waals surface area contributed by atoms with Gasteiger partial charge in [0.1, 0.15) is 18.1 Å². The number of hydrogen-bond donors (Lipinski definition) is 8. The SMILES string of the molecule is CSCCC(NC(=O)C(CCC(N)=O)NC(=O)C(N)CS)C(=O)NC(CO)C(=O)O. The lowest BCUT2D eigenvalue weighted by Gasteiger charge is -2.24. The third-order valence-electron chi connectivity index (χ3n) is 3.89. The molecule has 172 valence electrons. The van der Waals surface area contributed by atoms with Crippen LogP contribution in [0.4, 0.5) is 0 Å². The lowest BCUT2D eigenvalue weighted by Crippen LogP contribution is -2.57. The minimum absolute atomic E-state index is 0.0203. The van der Waals surface area contributed by atoms with E-state index in [0.717, 1.165) is 0 Å². The summed E-state index contributed by atoms with van der Waals surface area (Å²) < 4.78 is 0. The Labute approximate surface area is 183 Å². The Kier molecular flexibility index (Phi) is 13.9. The Balaban J connectivity index is 5.36. The molecule has 9 N–H and O–H groups in total. The number of carbonyl (C=O) groups excluding carboxylic acids is 4. The highest BCUT2D eigenvalue weighted by Gasteiger charge is 2.30. The summed E-state index contributed by atoms with van der Waals surface area (Å²) in [6.07, 6.45) is 1.60. The summed E-state index contributed by atoms with van der Waals surface area (Å²) in [6, 6.07) is -4.86.